The minimum Gasteiger partial charge on any atom is -0.387 e. The molecule has 1 aliphatic rings. The van der Waals surface area contributed by atoms with Gasteiger partial charge in [-0.3, -0.25) is 4.79 Å². The zero-order valence-corrected chi connectivity index (χ0v) is 12.2. The molecule has 1 saturated carbocycles. The third kappa shape index (κ3) is 3.28. The van der Waals surface area contributed by atoms with E-state index in [0.29, 0.717) is 5.92 Å². The van der Waals surface area contributed by atoms with Crippen molar-refractivity contribution in [3.63, 3.8) is 0 Å². The van der Waals surface area contributed by atoms with Crippen molar-refractivity contribution in [1.29, 1.82) is 0 Å². The fraction of sp³-hybridized carbons (Fsp3) is 0.562. The lowest BCUT2D eigenvalue weighted by Crippen LogP contribution is -2.31. The molecule has 1 aromatic carbocycles. The summed E-state index contributed by atoms with van der Waals surface area (Å²) in [5, 5.41) is 3.12. The van der Waals surface area contributed by atoms with E-state index in [0.717, 1.165) is 17.8 Å². The summed E-state index contributed by atoms with van der Waals surface area (Å²) in [7, 11) is 3.78. The van der Waals surface area contributed by atoms with Gasteiger partial charge in [-0.2, -0.15) is 0 Å². The number of anilines is 1. The molecule has 1 fully saturated rings. The number of hydrogen-bond donors (Lipinski definition) is 1. The minimum atomic E-state index is 0.122. The maximum atomic E-state index is 12.5. The van der Waals surface area contributed by atoms with Crippen LogP contribution in [0.3, 0.4) is 0 Å². The highest BCUT2D eigenvalue weighted by atomic mass is 16.2. The van der Waals surface area contributed by atoms with E-state index in [1.54, 1.807) is 0 Å². The maximum absolute atomic E-state index is 12.5. The Hall–Kier alpha value is -1.51. The number of amides is 1. The molecule has 1 N–H and O–H groups in total. The Morgan fingerprint density at radius 3 is 2.68 bits per heavy atom. The van der Waals surface area contributed by atoms with Gasteiger partial charge in [0.1, 0.15) is 0 Å². The molecular weight excluding hydrogens is 236 g/mol. The van der Waals surface area contributed by atoms with E-state index < -0.39 is 0 Å². The molecule has 3 nitrogen and oxygen atoms in total. The summed E-state index contributed by atoms with van der Waals surface area (Å²) in [4.78, 5) is 14.4. The molecule has 19 heavy (non-hydrogen) atoms. The van der Waals surface area contributed by atoms with Crippen molar-refractivity contribution in [2.45, 2.75) is 32.6 Å². The summed E-state index contributed by atoms with van der Waals surface area (Å²) in [6.45, 7) is 2.92. The van der Waals surface area contributed by atoms with Crippen LogP contribution in [0, 0.1) is 12.8 Å². The SMILES string of the molecule is CNc1cc(C)ccc1C(=O)N(C)CC1CCCC1. The monoisotopic (exact) mass is 260 g/mol. The van der Waals surface area contributed by atoms with Gasteiger partial charge in [0.25, 0.3) is 5.91 Å². The molecular formula is C16H24N2O. The zero-order chi connectivity index (χ0) is 13.8. The topological polar surface area (TPSA) is 32.3 Å². The Balaban J connectivity index is 2.09. The summed E-state index contributed by atoms with van der Waals surface area (Å²) in [6, 6.07) is 5.95. The standard InChI is InChI=1S/C16H24N2O/c1-12-8-9-14(15(10-12)17-2)16(19)18(3)11-13-6-4-5-7-13/h8-10,13,17H,4-7,11H2,1-3H3. The second kappa shape index (κ2) is 6.09. The average molecular weight is 260 g/mol. The molecule has 0 saturated heterocycles. The number of carbonyl (C=O) groups excluding carboxylic acids is 1. The quantitative estimate of drug-likeness (QED) is 0.901. The summed E-state index contributed by atoms with van der Waals surface area (Å²) >= 11 is 0. The molecule has 1 aromatic rings. The Morgan fingerprint density at radius 2 is 2.05 bits per heavy atom. The van der Waals surface area contributed by atoms with E-state index in [4.69, 9.17) is 0 Å². The lowest BCUT2D eigenvalue weighted by molar-refractivity contribution is 0.0774. The number of hydrogen-bond acceptors (Lipinski definition) is 2. The number of aryl methyl sites for hydroxylation is 1. The second-order valence-electron chi connectivity index (χ2n) is 5.64. The molecule has 0 heterocycles. The van der Waals surface area contributed by atoms with E-state index >= 15 is 0 Å². The summed E-state index contributed by atoms with van der Waals surface area (Å²) in [5.74, 6) is 0.814. The highest BCUT2D eigenvalue weighted by Gasteiger charge is 2.21. The first-order chi connectivity index (χ1) is 9.11. The molecule has 3 heteroatoms. The average Bonchev–Trinajstić information content (AvgIpc) is 2.90. The third-order valence-corrected chi connectivity index (χ3v) is 4.03. The molecule has 0 radical (unpaired) electrons. The van der Waals surface area contributed by atoms with Gasteiger partial charge in [0.05, 0.1) is 5.56 Å². The van der Waals surface area contributed by atoms with Crippen LogP contribution in [0.4, 0.5) is 5.69 Å². The Kier molecular flexibility index (Phi) is 4.46. The summed E-state index contributed by atoms with van der Waals surface area (Å²) in [6.07, 6.45) is 5.17. The van der Waals surface area contributed by atoms with Crippen molar-refractivity contribution in [1.82, 2.24) is 4.90 Å². The van der Waals surface area contributed by atoms with Crippen LogP contribution in [0.2, 0.25) is 0 Å². The number of rotatable bonds is 4. The van der Waals surface area contributed by atoms with E-state index in [1.807, 2.05) is 44.1 Å². The normalized spacial score (nSPS) is 15.5. The van der Waals surface area contributed by atoms with Gasteiger partial charge >= 0.3 is 0 Å². The van der Waals surface area contributed by atoms with Crippen molar-refractivity contribution in [3.8, 4) is 0 Å². The van der Waals surface area contributed by atoms with Crippen molar-refractivity contribution >= 4 is 11.6 Å². The lowest BCUT2D eigenvalue weighted by Gasteiger charge is -2.22. The molecule has 0 unspecified atom stereocenters. The predicted molar refractivity (Wildman–Crippen MR) is 79.6 cm³/mol. The van der Waals surface area contributed by atoms with E-state index in [-0.39, 0.29) is 5.91 Å². The summed E-state index contributed by atoms with van der Waals surface area (Å²) in [5.41, 5.74) is 2.86. The van der Waals surface area contributed by atoms with Crippen LogP contribution < -0.4 is 5.32 Å². The molecule has 0 bridgehead atoms. The van der Waals surface area contributed by atoms with Crippen molar-refractivity contribution in [3.05, 3.63) is 29.3 Å². The van der Waals surface area contributed by atoms with Crippen molar-refractivity contribution < 1.29 is 4.79 Å². The van der Waals surface area contributed by atoms with Gasteiger partial charge in [0.2, 0.25) is 0 Å². The first-order valence-electron chi connectivity index (χ1n) is 7.15. The molecule has 0 aromatic heterocycles. The number of nitrogens with zero attached hydrogens (tertiary/aromatic N) is 1. The highest BCUT2D eigenvalue weighted by Crippen LogP contribution is 2.26. The van der Waals surface area contributed by atoms with Crippen LogP contribution in [0.5, 0.6) is 0 Å². The second-order valence-corrected chi connectivity index (χ2v) is 5.64. The van der Waals surface area contributed by atoms with Crippen molar-refractivity contribution in [2.75, 3.05) is 26.0 Å². The Labute approximate surface area is 116 Å². The van der Waals surface area contributed by atoms with Crippen LogP contribution in [0.25, 0.3) is 0 Å². The molecule has 2 rings (SSSR count). The fourth-order valence-electron chi connectivity index (χ4n) is 2.92. The van der Waals surface area contributed by atoms with Crippen LogP contribution in [0.15, 0.2) is 18.2 Å². The number of benzene rings is 1. The largest absolute Gasteiger partial charge is 0.387 e. The van der Waals surface area contributed by atoms with Gasteiger partial charge in [0, 0.05) is 26.3 Å². The predicted octanol–water partition coefficient (Wildman–Crippen LogP) is 3.30. The molecule has 104 valence electrons. The fourth-order valence-corrected chi connectivity index (χ4v) is 2.92. The van der Waals surface area contributed by atoms with Gasteiger partial charge in [-0.05, 0) is 43.4 Å². The third-order valence-electron chi connectivity index (χ3n) is 4.03. The van der Waals surface area contributed by atoms with Gasteiger partial charge in [0.15, 0.2) is 0 Å². The smallest absolute Gasteiger partial charge is 0.255 e. The lowest BCUT2D eigenvalue weighted by atomic mass is 10.1. The molecule has 0 spiro atoms. The van der Waals surface area contributed by atoms with E-state index in [1.165, 1.54) is 31.2 Å². The Morgan fingerprint density at radius 1 is 1.37 bits per heavy atom. The van der Waals surface area contributed by atoms with Gasteiger partial charge < -0.3 is 10.2 Å². The molecule has 0 atom stereocenters. The Bertz CT molecular complexity index is 450. The molecule has 0 aliphatic heterocycles. The van der Waals surface area contributed by atoms with Gasteiger partial charge in [-0.1, -0.05) is 18.9 Å². The van der Waals surface area contributed by atoms with E-state index in [9.17, 15) is 4.79 Å². The zero-order valence-electron chi connectivity index (χ0n) is 12.2. The summed E-state index contributed by atoms with van der Waals surface area (Å²) < 4.78 is 0. The van der Waals surface area contributed by atoms with Gasteiger partial charge in [-0.25, -0.2) is 0 Å². The first kappa shape index (κ1) is 13.9. The van der Waals surface area contributed by atoms with Crippen LogP contribution in [-0.4, -0.2) is 31.4 Å². The highest BCUT2D eigenvalue weighted by molar-refractivity contribution is 5.99. The van der Waals surface area contributed by atoms with Crippen LogP contribution in [0.1, 0.15) is 41.6 Å². The number of nitrogens with one attached hydrogen (secondary N) is 1. The van der Waals surface area contributed by atoms with E-state index in [2.05, 4.69) is 5.32 Å². The van der Waals surface area contributed by atoms with Gasteiger partial charge in [-0.15, -0.1) is 0 Å². The van der Waals surface area contributed by atoms with Crippen molar-refractivity contribution in [2.24, 2.45) is 5.92 Å². The van der Waals surface area contributed by atoms with Crippen LogP contribution >= 0.6 is 0 Å². The van der Waals surface area contributed by atoms with Crippen LogP contribution in [-0.2, 0) is 0 Å². The number of carbonyl (C=O) groups is 1. The first-order valence-corrected chi connectivity index (χ1v) is 7.15. The minimum absolute atomic E-state index is 0.122. The maximum Gasteiger partial charge on any atom is 0.255 e. The molecule has 1 amide bonds. The molecule has 1 aliphatic carbocycles.